The highest BCUT2D eigenvalue weighted by molar-refractivity contribution is 6.05. The number of carbonyl (C=O) groups excluding carboxylic acids is 1. The molecular formula is C25H26N4O. The number of aromatic amines is 1. The molecule has 2 aromatic carbocycles. The molecule has 4 aromatic rings. The number of benzene rings is 2. The van der Waals surface area contributed by atoms with E-state index in [4.69, 9.17) is 0 Å². The number of hydrogen-bond donors (Lipinski definition) is 3. The summed E-state index contributed by atoms with van der Waals surface area (Å²) in [7, 11) is 0. The number of fused-ring (bicyclic) bond motifs is 1. The smallest absolute Gasteiger partial charge is 0.257 e. The highest BCUT2D eigenvalue weighted by Gasteiger charge is 2.11. The van der Waals surface area contributed by atoms with E-state index < -0.39 is 0 Å². The van der Waals surface area contributed by atoms with E-state index in [1.165, 1.54) is 16.5 Å². The molecule has 0 aliphatic heterocycles. The summed E-state index contributed by atoms with van der Waals surface area (Å²) in [6.45, 7) is 6.83. The SMILES string of the molecule is Cc1cc(C)c(NC(=O)c2cncc(NCCc3c[nH]c4ccccc34)c2)c(C)c1. The van der Waals surface area contributed by atoms with Crippen LogP contribution >= 0.6 is 0 Å². The fourth-order valence-corrected chi connectivity index (χ4v) is 3.90. The van der Waals surface area contributed by atoms with Crippen LogP contribution in [0.3, 0.4) is 0 Å². The molecule has 1 amide bonds. The third kappa shape index (κ3) is 4.20. The number of para-hydroxylation sites is 1. The van der Waals surface area contributed by atoms with Crippen LogP contribution < -0.4 is 10.6 Å². The minimum Gasteiger partial charge on any atom is -0.383 e. The maximum atomic E-state index is 12.8. The molecule has 4 rings (SSSR count). The van der Waals surface area contributed by atoms with Crippen LogP contribution in [0.4, 0.5) is 11.4 Å². The van der Waals surface area contributed by atoms with Crippen molar-refractivity contribution in [2.75, 3.05) is 17.2 Å². The lowest BCUT2D eigenvalue weighted by molar-refractivity contribution is 0.102. The second kappa shape index (κ2) is 8.41. The van der Waals surface area contributed by atoms with Gasteiger partial charge in [-0.2, -0.15) is 0 Å². The fraction of sp³-hybridized carbons (Fsp3) is 0.200. The predicted octanol–water partition coefficient (Wildman–Crippen LogP) is 5.40. The standard InChI is InChI=1S/C25H26N4O/c1-16-10-17(2)24(18(3)11-16)29-25(30)20-12-21(15-26-13-20)27-9-8-19-14-28-23-7-5-4-6-22(19)23/h4-7,10-15,27-28H,8-9H2,1-3H3,(H,29,30). The predicted molar refractivity (Wildman–Crippen MR) is 123 cm³/mol. The highest BCUT2D eigenvalue weighted by Crippen LogP contribution is 2.23. The summed E-state index contributed by atoms with van der Waals surface area (Å²) < 4.78 is 0. The van der Waals surface area contributed by atoms with Crippen molar-refractivity contribution in [1.82, 2.24) is 9.97 Å². The molecule has 5 nitrogen and oxygen atoms in total. The monoisotopic (exact) mass is 398 g/mol. The molecular weight excluding hydrogens is 372 g/mol. The van der Waals surface area contributed by atoms with Crippen molar-refractivity contribution in [3.8, 4) is 0 Å². The number of amides is 1. The first-order valence-electron chi connectivity index (χ1n) is 10.1. The van der Waals surface area contributed by atoms with Crippen LogP contribution in [0.2, 0.25) is 0 Å². The van der Waals surface area contributed by atoms with E-state index in [0.717, 1.165) is 41.0 Å². The van der Waals surface area contributed by atoms with Gasteiger partial charge < -0.3 is 15.6 Å². The third-order valence-corrected chi connectivity index (χ3v) is 5.31. The molecule has 5 heteroatoms. The van der Waals surface area contributed by atoms with Crippen LogP contribution in [0.1, 0.15) is 32.6 Å². The van der Waals surface area contributed by atoms with Gasteiger partial charge in [0.1, 0.15) is 0 Å². The number of nitrogens with one attached hydrogen (secondary N) is 3. The normalized spacial score (nSPS) is 10.9. The Labute approximate surface area is 176 Å². The van der Waals surface area contributed by atoms with Gasteiger partial charge in [-0.25, -0.2) is 0 Å². The molecule has 0 atom stereocenters. The summed E-state index contributed by atoms with van der Waals surface area (Å²) in [6, 6.07) is 14.3. The van der Waals surface area contributed by atoms with Crippen LogP contribution in [0.5, 0.6) is 0 Å². The molecule has 0 bridgehead atoms. The number of rotatable bonds is 6. The Morgan fingerprint density at radius 2 is 1.80 bits per heavy atom. The van der Waals surface area contributed by atoms with Crippen molar-refractivity contribution in [1.29, 1.82) is 0 Å². The van der Waals surface area contributed by atoms with Gasteiger partial charge in [0.25, 0.3) is 5.91 Å². The lowest BCUT2D eigenvalue weighted by Gasteiger charge is -2.13. The number of aryl methyl sites for hydroxylation is 3. The number of anilines is 2. The van der Waals surface area contributed by atoms with Gasteiger partial charge in [-0.15, -0.1) is 0 Å². The summed E-state index contributed by atoms with van der Waals surface area (Å²) in [4.78, 5) is 20.3. The van der Waals surface area contributed by atoms with E-state index in [1.807, 2.05) is 26.0 Å². The van der Waals surface area contributed by atoms with E-state index in [9.17, 15) is 4.79 Å². The summed E-state index contributed by atoms with van der Waals surface area (Å²) in [6.07, 6.45) is 6.27. The molecule has 0 fully saturated rings. The van der Waals surface area contributed by atoms with Gasteiger partial charge in [0.2, 0.25) is 0 Å². The molecule has 0 spiro atoms. The van der Waals surface area contributed by atoms with Crippen molar-refractivity contribution in [2.24, 2.45) is 0 Å². The number of aromatic nitrogens is 2. The summed E-state index contributed by atoms with van der Waals surface area (Å²) in [5, 5.41) is 7.66. The molecule has 3 N–H and O–H groups in total. The summed E-state index contributed by atoms with van der Waals surface area (Å²) in [5.41, 5.74) is 7.95. The first kappa shape index (κ1) is 19.7. The minimum atomic E-state index is -0.155. The Kier molecular flexibility index (Phi) is 5.53. The lowest BCUT2D eigenvalue weighted by Crippen LogP contribution is -2.15. The van der Waals surface area contributed by atoms with E-state index in [1.54, 1.807) is 12.4 Å². The van der Waals surface area contributed by atoms with Crippen LogP contribution in [0.15, 0.2) is 61.1 Å². The van der Waals surface area contributed by atoms with Gasteiger partial charge >= 0.3 is 0 Å². The summed E-state index contributed by atoms with van der Waals surface area (Å²) in [5.74, 6) is -0.155. The first-order chi connectivity index (χ1) is 14.5. The van der Waals surface area contributed by atoms with E-state index in [0.29, 0.717) is 5.56 Å². The zero-order valence-electron chi connectivity index (χ0n) is 17.5. The van der Waals surface area contributed by atoms with Gasteiger partial charge in [-0.05, 0) is 56.0 Å². The van der Waals surface area contributed by atoms with Crippen LogP contribution in [-0.4, -0.2) is 22.4 Å². The lowest BCUT2D eigenvalue weighted by atomic mass is 10.0. The Hall–Kier alpha value is -3.60. The first-order valence-corrected chi connectivity index (χ1v) is 10.1. The Morgan fingerprint density at radius 3 is 2.60 bits per heavy atom. The van der Waals surface area contributed by atoms with Crippen molar-refractivity contribution < 1.29 is 4.79 Å². The number of hydrogen-bond acceptors (Lipinski definition) is 3. The molecule has 2 aromatic heterocycles. The molecule has 0 radical (unpaired) electrons. The van der Waals surface area contributed by atoms with Crippen LogP contribution in [-0.2, 0) is 6.42 Å². The molecule has 30 heavy (non-hydrogen) atoms. The maximum absolute atomic E-state index is 12.8. The van der Waals surface area contributed by atoms with Crippen molar-refractivity contribution in [3.63, 3.8) is 0 Å². The molecule has 0 aliphatic carbocycles. The molecule has 0 unspecified atom stereocenters. The topological polar surface area (TPSA) is 69.8 Å². The van der Waals surface area contributed by atoms with E-state index in [2.05, 4.69) is 64.1 Å². The average Bonchev–Trinajstić information content (AvgIpc) is 3.14. The van der Waals surface area contributed by atoms with Gasteiger partial charge in [0.15, 0.2) is 0 Å². The number of H-pyrrole nitrogens is 1. The zero-order chi connectivity index (χ0) is 21.1. The van der Waals surface area contributed by atoms with E-state index in [-0.39, 0.29) is 5.91 Å². The molecule has 0 saturated carbocycles. The van der Waals surface area contributed by atoms with Crippen LogP contribution in [0.25, 0.3) is 10.9 Å². The van der Waals surface area contributed by atoms with Gasteiger partial charge in [0.05, 0.1) is 11.3 Å². The van der Waals surface area contributed by atoms with Crippen molar-refractivity contribution in [3.05, 3.63) is 88.9 Å². The number of carbonyl (C=O) groups is 1. The third-order valence-electron chi connectivity index (χ3n) is 5.31. The summed E-state index contributed by atoms with van der Waals surface area (Å²) >= 11 is 0. The van der Waals surface area contributed by atoms with Crippen molar-refractivity contribution >= 4 is 28.2 Å². The largest absolute Gasteiger partial charge is 0.383 e. The number of pyridine rings is 1. The second-order valence-electron chi connectivity index (χ2n) is 7.73. The quantitative estimate of drug-likeness (QED) is 0.407. The van der Waals surface area contributed by atoms with Gasteiger partial charge in [-0.3, -0.25) is 9.78 Å². The van der Waals surface area contributed by atoms with Crippen LogP contribution in [0, 0.1) is 20.8 Å². The average molecular weight is 399 g/mol. The van der Waals surface area contributed by atoms with Crippen molar-refractivity contribution in [2.45, 2.75) is 27.2 Å². The molecule has 0 saturated heterocycles. The maximum Gasteiger partial charge on any atom is 0.257 e. The minimum absolute atomic E-state index is 0.155. The second-order valence-corrected chi connectivity index (χ2v) is 7.73. The Bertz CT molecular complexity index is 1190. The van der Waals surface area contributed by atoms with Gasteiger partial charge in [-0.1, -0.05) is 35.9 Å². The number of nitrogens with zero attached hydrogens (tertiary/aromatic N) is 1. The molecule has 2 heterocycles. The van der Waals surface area contributed by atoms with E-state index >= 15 is 0 Å². The Balaban J connectivity index is 1.42. The Morgan fingerprint density at radius 1 is 1.03 bits per heavy atom. The molecule has 152 valence electrons. The van der Waals surface area contributed by atoms with Gasteiger partial charge in [0, 0.05) is 41.7 Å². The fourth-order valence-electron chi connectivity index (χ4n) is 3.90. The highest BCUT2D eigenvalue weighted by atomic mass is 16.1. The zero-order valence-corrected chi connectivity index (χ0v) is 17.5. The molecule has 0 aliphatic rings.